The highest BCUT2D eigenvalue weighted by Crippen LogP contribution is 2.54. The van der Waals surface area contributed by atoms with E-state index in [1.807, 2.05) is 0 Å². The third-order valence-corrected chi connectivity index (χ3v) is 7.73. The minimum atomic E-state index is -0.133. The summed E-state index contributed by atoms with van der Waals surface area (Å²) in [7, 11) is 0. The quantitative estimate of drug-likeness (QED) is 0.344. The average molecular weight is 517 g/mol. The first-order chi connectivity index (χ1) is 13.4. The smallest absolute Gasteiger partial charge is 0.208 e. The normalized spacial score (nSPS) is 19.6. The number of allylic oxidation sites excluding steroid dienone is 1. The summed E-state index contributed by atoms with van der Waals surface area (Å²) in [5.41, 5.74) is 6.27. The number of ether oxygens (including phenoxy) is 1. The van der Waals surface area contributed by atoms with Gasteiger partial charge in [-0.15, -0.1) is 11.3 Å². The second-order valence-electron chi connectivity index (χ2n) is 7.49. The van der Waals surface area contributed by atoms with E-state index in [1.54, 1.807) is 11.3 Å². The van der Waals surface area contributed by atoms with Crippen molar-refractivity contribution < 1.29 is 4.74 Å². The van der Waals surface area contributed by atoms with Crippen LogP contribution >= 0.6 is 43.2 Å². The highest BCUT2D eigenvalue weighted by Gasteiger charge is 2.43. The third kappa shape index (κ3) is 2.87. The van der Waals surface area contributed by atoms with Gasteiger partial charge in [0, 0.05) is 25.1 Å². The maximum Gasteiger partial charge on any atom is 0.208 e. The summed E-state index contributed by atoms with van der Waals surface area (Å²) in [5, 5.41) is 0. The number of nitrogens with zero attached hydrogens (tertiary/aromatic N) is 1. The van der Waals surface area contributed by atoms with Crippen LogP contribution in [-0.2, 0) is 6.42 Å². The van der Waals surface area contributed by atoms with Gasteiger partial charge in [0.05, 0.1) is 10.9 Å². The Morgan fingerprint density at radius 2 is 1.96 bits per heavy atom. The van der Waals surface area contributed by atoms with Gasteiger partial charge in [-0.25, -0.2) is 0 Å². The minimum absolute atomic E-state index is 0.133. The molecule has 142 valence electrons. The molecule has 0 spiro atoms. The van der Waals surface area contributed by atoms with Gasteiger partial charge in [-0.1, -0.05) is 38.4 Å². The molecular weight excluding hydrogens is 498 g/mol. The summed E-state index contributed by atoms with van der Waals surface area (Å²) in [4.78, 5) is 4.88. The van der Waals surface area contributed by atoms with Crippen LogP contribution in [0, 0.1) is 6.92 Å². The third-order valence-electron chi connectivity index (χ3n) is 5.50. The molecule has 3 heterocycles. The van der Waals surface area contributed by atoms with Gasteiger partial charge in [0.15, 0.2) is 0 Å². The van der Waals surface area contributed by atoms with Crippen LogP contribution in [0.25, 0.3) is 5.57 Å². The molecule has 2 aromatic carbocycles. The van der Waals surface area contributed by atoms with Crippen LogP contribution in [0.15, 0.2) is 58.0 Å². The number of anilines is 1. The number of rotatable bonds is 2. The molecule has 0 fully saturated rings. The Morgan fingerprint density at radius 1 is 1.14 bits per heavy atom. The van der Waals surface area contributed by atoms with Crippen molar-refractivity contribution in [3.8, 4) is 5.75 Å². The Labute approximate surface area is 186 Å². The van der Waals surface area contributed by atoms with Gasteiger partial charge < -0.3 is 9.64 Å². The second-order valence-corrected chi connectivity index (χ2v) is 10.4. The summed E-state index contributed by atoms with van der Waals surface area (Å²) in [6.45, 7) is 8.33. The first-order valence-corrected chi connectivity index (χ1v) is 11.6. The summed E-state index contributed by atoms with van der Waals surface area (Å²) in [5.74, 6) is 0.982. The van der Waals surface area contributed by atoms with E-state index in [0.29, 0.717) is 0 Å². The number of aryl methyl sites for hydroxylation is 1. The van der Waals surface area contributed by atoms with E-state index in [4.69, 9.17) is 4.74 Å². The lowest BCUT2D eigenvalue weighted by Gasteiger charge is -2.41. The van der Waals surface area contributed by atoms with Crippen molar-refractivity contribution in [1.82, 2.24) is 0 Å². The highest BCUT2D eigenvalue weighted by atomic mass is 79.9. The fraction of sp³-hybridized carbons (Fsp3) is 0.217. The molecule has 0 radical (unpaired) electrons. The Morgan fingerprint density at radius 3 is 2.71 bits per heavy atom. The SMILES string of the molecule is C=C(C)c1ccc(C2Oc3cc(Br)cc(C)c3C3Cc4cc(Br)ccc4N32)s1. The van der Waals surface area contributed by atoms with Crippen LogP contribution < -0.4 is 9.64 Å². The lowest BCUT2D eigenvalue weighted by molar-refractivity contribution is 0.170. The highest BCUT2D eigenvalue weighted by molar-refractivity contribution is 9.10. The van der Waals surface area contributed by atoms with Gasteiger partial charge in [-0.3, -0.25) is 0 Å². The molecule has 2 atom stereocenters. The molecule has 0 N–H and O–H groups in total. The first kappa shape index (κ1) is 18.5. The van der Waals surface area contributed by atoms with Gasteiger partial charge in [0.1, 0.15) is 5.75 Å². The van der Waals surface area contributed by atoms with Crippen molar-refractivity contribution in [3.05, 3.63) is 84.4 Å². The molecule has 0 saturated carbocycles. The molecule has 3 aromatic rings. The fourth-order valence-electron chi connectivity index (χ4n) is 4.31. The fourth-order valence-corrected chi connectivity index (χ4v) is 6.23. The van der Waals surface area contributed by atoms with E-state index in [-0.39, 0.29) is 12.3 Å². The Hall–Kier alpha value is -1.56. The molecule has 1 aromatic heterocycles. The summed E-state index contributed by atoms with van der Waals surface area (Å²) in [6, 6.07) is 15.5. The molecule has 0 amide bonds. The van der Waals surface area contributed by atoms with E-state index in [9.17, 15) is 0 Å². The van der Waals surface area contributed by atoms with Gasteiger partial charge in [0.2, 0.25) is 6.23 Å². The van der Waals surface area contributed by atoms with Crippen LogP contribution in [-0.4, -0.2) is 0 Å². The number of hydrogen-bond donors (Lipinski definition) is 0. The molecule has 2 aliphatic rings. The molecule has 0 saturated heterocycles. The topological polar surface area (TPSA) is 12.5 Å². The number of fused-ring (bicyclic) bond motifs is 5. The summed E-state index contributed by atoms with van der Waals surface area (Å²) < 4.78 is 8.82. The first-order valence-electron chi connectivity index (χ1n) is 9.21. The Kier molecular flexibility index (Phi) is 4.45. The molecular formula is C23H19Br2NOS. The number of thiophene rings is 1. The number of halogens is 2. The second kappa shape index (κ2) is 6.75. The zero-order valence-corrected chi connectivity index (χ0v) is 19.6. The van der Waals surface area contributed by atoms with Gasteiger partial charge in [-0.2, -0.15) is 0 Å². The van der Waals surface area contributed by atoms with E-state index < -0.39 is 0 Å². The molecule has 28 heavy (non-hydrogen) atoms. The van der Waals surface area contributed by atoms with Gasteiger partial charge in [0.25, 0.3) is 0 Å². The minimum Gasteiger partial charge on any atom is -0.465 e. The predicted molar refractivity (Wildman–Crippen MR) is 124 cm³/mol. The summed E-state index contributed by atoms with van der Waals surface area (Å²) >= 11 is 9.05. The van der Waals surface area contributed by atoms with Crippen molar-refractivity contribution in [1.29, 1.82) is 0 Å². The molecule has 5 heteroatoms. The van der Waals surface area contributed by atoms with E-state index in [1.165, 1.54) is 32.1 Å². The van der Waals surface area contributed by atoms with Crippen molar-refractivity contribution in [2.75, 3.05) is 4.90 Å². The lowest BCUT2D eigenvalue weighted by atomic mass is 9.95. The van der Waals surface area contributed by atoms with E-state index >= 15 is 0 Å². The summed E-state index contributed by atoms with van der Waals surface area (Å²) in [6.07, 6.45) is 0.856. The Bertz CT molecular complexity index is 1120. The predicted octanol–water partition coefficient (Wildman–Crippen LogP) is 7.81. The van der Waals surface area contributed by atoms with Crippen LogP contribution in [0.3, 0.4) is 0 Å². The number of benzene rings is 2. The van der Waals surface area contributed by atoms with Crippen LogP contribution in [0.2, 0.25) is 0 Å². The molecule has 5 rings (SSSR count). The number of hydrogen-bond acceptors (Lipinski definition) is 3. The van der Waals surface area contributed by atoms with Gasteiger partial charge >= 0.3 is 0 Å². The average Bonchev–Trinajstić information content (AvgIpc) is 3.24. The molecule has 2 unspecified atom stereocenters. The maximum atomic E-state index is 6.64. The molecule has 0 bridgehead atoms. The Balaban J connectivity index is 1.70. The van der Waals surface area contributed by atoms with Crippen molar-refractivity contribution >= 4 is 54.5 Å². The lowest BCUT2D eigenvalue weighted by Crippen LogP contribution is -2.37. The van der Waals surface area contributed by atoms with Crippen LogP contribution in [0.5, 0.6) is 5.75 Å². The molecule has 2 aliphatic heterocycles. The molecule has 0 aliphatic carbocycles. The van der Waals surface area contributed by atoms with Crippen LogP contribution in [0.1, 0.15) is 45.6 Å². The van der Waals surface area contributed by atoms with E-state index in [2.05, 4.69) is 99.7 Å². The zero-order valence-electron chi connectivity index (χ0n) is 15.6. The van der Waals surface area contributed by atoms with Gasteiger partial charge in [-0.05, 0) is 79.4 Å². The monoisotopic (exact) mass is 515 g/mol. The van der Waals surface area contributed by atoms with Crippen molar-refractivity contribution in [2.45, 2.75) is 32.5 Å². The van der Waals surface area contributed by atoms with E-state index in [0.717, 1.165) is 26.7 Å². The van der Waals surface area contributed by atoms with Crippen molar-refractivity contribution in [2.24, 2.45) is 0 Å². The standard InChI is InChI=1S/C23H19Br2NOS/c1-12(2)20-6-7-21(28-20)23-26-17-5-4-15(24)9-14(17)10-18(26)22-13(3)8-16(25)11-19(22)27-23/h4-9,11,18,23H,1,10H2,2-3H3. The van der Waals surface area contributed by atoms with Crippen molar-refractivity contribution in [3.63, 3.8) is 0 Å². The zero-order chi connectivity index (χ0) is 19.6. The molecule has 2 nitrogen and oxygen atoms in total. The van der Waals surface area contributed by atoms with Crippen LogP contribution in [0.4, 0.5) is 5.69 Å². The largest absolute Gasteiger partial charge is 0.465 e. The maximum absolute atomic E-state index is 6.64.